The molecule has 0 unspecified atom stereocenters. The van der Waals surface area contributed by atoms with E-state index in [9.17, 15) is 0 Å². The predicted molar refractivity (Wildman–Crippen MR) is 142 cm³/mol. The van der Waals surface area contributed by atoms with Crippen LogP contribution in [0.5, 0.6) is 0 Å². The van der Waals surface area contributed by atoms with Crippen LogP contribution in [0.3, 0.4) is 0 Å². The highest BCUT2D eigenvalue weighted by atomic mass is 32.1. The highest BCUT2D eigenvalue weighted by molar-refractivity contribution is 7.80. The van der Waals surface area contributed by atoms with Crippen molar-refractivity contribution in [3.63, 3.8) is 0 Å². The van der Waals surface area contributed by atoms with Crippen molar-refractivity contribution in [3.05, 3.63) is 41.5 Å². The first kappa shape index (κ1) is 23.7. The van der Waals surface area contributed by atoms with Crippen molar-refractivity contribution in [1.82, 2.24) is 15.3 Å². The molecule has 2 aliphatic rings. The summed E-state index contributed by atoms with van der Waals surface area (Å²) in [6.07, 6.45) is 6.31. The zero-order valence-corrected chi connectivity index (χ0v) is 21.1. The van der Waals surface area contributed by atoms with E-state index in [2.05, 4.69) is 71.5 Å². The van der Waals surface area contributed by atoms with Gasteiger partial charge in [-0.3, -0.25) is 0 Å². The second kappa shape index (κ2) is 11.1. The number of hydrogen-bond acceptors (Lipinski definition) is 5. The number of hydrogen-bond donors (Lipinski definition) is 2. The van der Waals surface area contributed by atoms with Gasteiger partial charge in [0.2, 0.25) is 5.95 Å². The molecule has 3 heterocycles. The molecule has 6 nitrogen and oxygen atoms in total. The number of thiocarbonyl (C=S) groups is 1. The van der Waals surface area contributed by atoms with Gasteiger partial charge in [-0.15, -0.1) is 0 Å². The van der Waals surface area contributed by atoms with Gasteiger partial charge in [0.1, 0.15) is 11.6 Å². The maximum absolute atomic E-state index is 5.59. The molecule has 2 atom stereocenters. The molecule has 7 heteroatoms. The standard InChI is InChI=1S/C26H38N6S/c1-19-8-10-22(11-9-19)16-27-26(33)30-25-28-23(31-12-6-4-5-7-13-31)15-24(29-25)32-17-20(2)14-21(3)18-32/h8-11,15,20-21H,4-7,12-14,16-18H2,1-3H3,(H2,27,28,29,30,33)/t20-,21-/m0/s1. The number of aromatic nitrogens is 2. The van der Waals surface area contributed by atoms with E-state index in [-0.39, 0.29) is 0 Å². The molecule has 2 saturated heterocycles. The Morgan fingerprint density at radius 2 is 1.55 bits per heavy atom. The van der Waals surface area contributed by atoms with Crippen molar-refractivity contribution >= 4 is 34.9 Å². The zero-order chi connectivity index (χ0) is 23.2. The van der Waals surface area contributed by atoms with Crippen LogP contribution in [0.15, 0.2) is 30.3 Å². The number of aryl methyl sites for hydroxylation is 1. The number of anilines is 3. The average molecular weight is 467 g/mol. The third kappa shape index (κ3) is 6.79. The van der Waals surface area contributed by atoms with Gasteiger partial charge in [0, 0.05) is 38.8 Å². The summed E-state index contributed by atoms with van der Waals surface area (Å²) in [6, 6.07) is 10.7. The van der Waals surface area contributed by atoms with Crippen LogP contribution in [-0.4, -0.2) is 41.3 Å². The minimum Gasteiger partial charge on any atom is -0.358 e. The lowest BCUT2D eigenvalue weighted by Crippen LogP contribution is -2.39. The molecule has 2 fully saturated rings. The molecular weight excluding hydrogens is 428 g/mol. The number of benzene rings is 1. The fourth-order valence-corrected chi connectivity index (χ4v) is 5.15. The molecule has 2 N–H and O–H groups in total. The van der Waals surface area contributed by atoms with Crippen LogP contribution in [0.4, 0.5) is 17.6 Å². The van der Waals surface area contributed by atoms with Gasteiger partial charge in [0.15, 0.2) is 5.11 Å². The first-order chi connectivity index (χ1) is 16.0. The van der Waals surface area contributed by atoms with Gasteiger partial charge >= 0.3 is 0 Å². The van der Waals surface area contributed by atoms with E-state index in [1.807, 2.05) is 0 Å². The quantitative estimate of drug-likeness (QED) is 0.592. The Hall–Kier alpha value is -2.41. The predicted octanol–water partition coefficient (Wildman–Crippen LogP) is 5.13. The molecule has 1 aromatic heterocycles. The highest BCUT2D eigenvalue weighted by Gasteiger charge is 2.24. The Kier molecular flexibility index (Phi) is 8.02. The molecule has 0 spiro atoms. The van der Waals surface area contributed by atoms with E-state index >= 15 is 0 Å². The van der Waals surface area contributed by atoms with Gasteiger partial charge < -0.3 is 20.4 Å². The summed E-state index contributed by atoms with van der Waals surface area (Å²) in [5, 5.41) is 7.12. The topological polar surface area (TPSA) is 56.3 Å². The summed E-state index contributed by atoms with van der Waals surface area (Å²) in [7, 11) is 0. The van der Waals surface area contributed by atoms with Crippen LogP contribution < -0.4 is 20.4 Å². The van der Waals surface area contributed by atoms with E-state index in [1.54, 1.807) is 0 Å². The fraction of sp³-hybridized carbons (Fsp3) is 0.577. The van der Waals surface area contributed by atoms with Crippen LogP contribution in [0, 0.1) is 18.8 Å². The highest BCUT2D eigenvalue weighted by Crippen LogP contribution is 2.29. The van der Waals surface area contributed by atoms with Crippen molar-refractivity contribution in [2.75, 3.05) is 41.3 Å². The summed E-state index contributed by atoms with van der Waals surface area (Å²) in [5.74, 6) is 3.93. The summed E-state index contributed by atoms with van der Waals surface area (Å²) < 4.78 is 0. The fourth-order valence-electron chi connectivity index (χ4n) is 4.99. The van der Waals surface area contributed by atoms with Crippen molar-refractivity contribution < 1.29 is 0 Å². The third-order valence-electron chi connectivity index (χ3n) is 6.62. The lowest BCUT2D eigenvalue weighted by molar-refractivity contribution is 0.355. The molecule has 4 rings (SSSR count). The second-order valence-corrected chi connectivity index (χ2v) is 10.4. The van der Waals surface area contributed by atoms with Gasteiger partial charge in [-0.2, -0.15) is 9.97 Å². The number of rotatable bonds is 5. The van der Waals surface area contributed by atoms with Crippen LogP contribution in [0.2, 0.25) is 0 Å². The van der Waals surface area contributed by atoms with Gasteiger partial charge in [0.25, 0.3) is 0 Å². The molecule has 1 aromatic carbocycles. The molecule has 0 bridgehead atoms. The minimum absolute atomic E-state index is 0.551. The van der Waals surface area contributed by atoms with Gasteiger partial charge in [-0.25, -0.2) is 0 Å². The number of nitrogens with zero attached hydrogens (tertiary/aromatic N) is 4. The first-order valence-electron chi connectivity index (χ1n) is 12.5. The average Bonchev–Trinajstić information content (AvgIpc) is 3.08. The van der Waals surface area contributed by atoms with Crippen molar-refractivity contribution in [2.24, 2.45) is 11.8 Å². The molecule has 0 saturated carbocycles. The molecule has 2 aromatic rings. The molecule has 0 radical (unpaired) electrons. The Balaban J connectivity index is 1.51. The molecule has 0 amide bonds. The van der Waals surface area contributed by atoms with Crippen LogP contribution >= 0.6 is 12.2 Å². The van der Waals surface area contributed by atoms with Crippen molar-refractivity contribution in [2.45, 2.75) is 59.4 Å². The maximum atomic E-state index is 5.59. The second-order valence-electron chi connectivity index (χ2n) is 9.95. The first-order valence-corrected chi connectivity index (χ1v) is 12.9. The zero-order valence-electron chi connectivity index (χ0n) is 20.3. The van der Waals surface area contributed by atoms with Crippen LogP contribution in [-0.2, 0) is 6.54 Å². The van der Waals surface area contributed by atoms with Crippen LogP contribution in [0.1, 0.15) is 57.1 Å². The third-order valence-corrected chi connectivity index (χ3v) is 6.87. The van der Waals surface area contributed by atoms with E-state index < -0.39 is 0 Å². The van der Waals surface area contributed by atoms with Gasteiger partial charge in [-0.1, -0.05) is 56.5 Å². The minimum atomic E-state index is 0.551. The Bertz CT molecular complexity index is 913. The summed E-state index contributed by atoms with van der Waals surface area (Å²) in [5.41, 5.74) is 2.45. The van der Waals surface area contributed by atoms with Gasteiger partial charge in [-0.05, 0) is 55.8 Å². The molecule has 33 heavy (non-hydrogen) atoms. The van der Waals surface area contributed by atoms with E-state index in [4.69, 9.17) is 22.2 Å². The lowest BCUT2D eigenvalue weighted by Gasteiger charge is -2.36. The van der Waals surface area contributed by atoms with Crippen molar-refractivity contribution in [1.29, 1.82) is 0 Å². The molecular formula is C26H38N6S. The Morgan fingerprint density at radius 1 is 0.939 bits per heavy atom. The normalized spacial score (nSPS) is 21.4. The lowest BCUT2D eigenvalue weighted by atomic mass is 9.92. The molecule has 2 aliphatic heterocycles. The molecule has 0 aliphatic carbocycles. The monoisotopic (exact) mass is 466 g/mol. The van der Waals surface area contributed by atoms with E-state index in [0.29, 0.717) is 29.4 Å². The SMILES string of the molecule is Cc1ccc(CNC(=S)Nc2nc(N3CCCCCC3)cc(N3C[C@@H](C)C[C@H](C)C3)n2)cc1. The maximum Gasteiger partial charge on any atom is 0.232 e. The Labute approximate surface area is 204 Å². The van der Waals surface area contributed by atoms with Crippen molar-refractivity contribution in [3.8, 4) is 0 Å². The van der Waals surface area contributed by atoms with Gasteiger partial charge in [0.05, 0.1) is 0 Å². The summed E-state index contributed by atoms with van der Waals surface area (Å²) >= 11 is 5.59. The smallest absolute Gasteiger partial charge is 0.232 e. The Morgan fingerprint density at radius 3 is 2.18 bits per heavy atom. The largest absolute Gasteiger partial charge is 0.358 e. The van der Waals surface area contributed by atoms with Crippen LogP contribution in [0.25, 0.3) is 0 Å². The number of nitrogens with one attached hydrogen (secondary N) is 2. The van der Waals surface area contributed by atoms with E-state index in [0.717, 1.165) is 37.8 Å². The van der Waals surface area contributed by atoms with E-state index in [1.165, 1.54) is 43.2 Å². The number of piperidine rings is 1. The molecule has 178 valence electrons. The summed E-state index contributed by atoms with van der Waals surface area (Å²) in [6.45, 7) is 11.6. The summed E-state index contributed by atoms with van der Waals surface area (Å²) in [4.78, 5) is 14.6.